The number of aromatic nitrogens is 2. The van der Waals surface area contributed by atoms with Crippen LogP contribution in [0.5, 0.6) is 5.75 Å². The summed E-state index contributed by atoms with van der Waals surface area (Å²) >= 11 is 0. The van der Waals surface area contributed by atoms with Crippen molar-refractivity contribution in [2.45, 2.75) is 63.1 Å². The summed E-state index contributed by atoms with van der Waals surface area (Å²) in [6.07, 6.45) is 7.94. The van der Waals surface area contributed by atoms with E-state index in [2.05, 4.69) is 10.4 Å². The van der Waals surface area contributed by atoms with E-state index in [4.69, 9.17) is 4.74 Å². The molecule has 160 valence electrons. The first-order valence-electron chi connectivity index (χ1n) is 11.1. The van der Waals surface area contributed by atoms with Gasteiger partial charge in [-0.25, -0.2) is 4.68 Å². The summed E-state index contributed by atoms with van der Waals surface area (Å²) in [6, 6.07) is 14.4. The van der Waals surface area contributed by atoms with Gasteiger partial charge in [0.25, 0.3) is 5.56 Å². The molecule has 5 rings (SSSR count). The quantitative estimate of drug-likeness (QED) is 0.690. The van der Waals surface area contributed by atoms with E-state index in [1.807, 2.05) is 42.5 Å². The molecule has 1 aromatic heterocycles. The summed E-state index contributed by atoms with van der Waals surface area (Å²) in [7, 11) is 0. The first-order valence-corrected chi connectivity index (χ1v) is 11.1. The van der Waals surface area contributed by atoms with Crippen LogP contribution in [0.25, 0.3) is 10.8 Å². The Hall–Kier alpha value is -3.15. The lowest BCUT2D eigenvalue weighted by Gasteiger charge is -2.44. The molecule has 0 unspecified atom stereocenters. The topological polar surface area (TPSA) is 73.2 Å². The third-order valence-corrected chi connectivity index (χ3v) is 6.75. The van der Waals surface area contributed by atoms with Crippen molar-refractivity contribution in [3.63, 3.8) is 0 Å². The third kappa shape index (κ3) is 3.60. The molecule has 1 amide bonds. The second kappa shape index (κ2) is 7.84. The highest BCUT2D eigenvalue weighted by Gasteiger charge is 2.42. The molecule has 2 atom stereocenters. The Morgan fingerprint density at radius 1 is 1.13 bits per heavy atom. The van der Waals surface area contributed by atoms with Crippen molar-refractivity contribution in [1.82, 2.24) is 15.1 Å². The molecule has 0 saturated heterocycles. The number of nitrogens with one attached hydrogen (secondary N) is 1. The number of para-hydroxylation sites is 1. The van der Waals surface area contributed by atoms with E-state index in [0.717, 1.165) is 48.8 Å². The Bertz CT molecular complexity index is 1180. The van der Waals surface area contributed by atoms with Crippen molar-refractivity contribution in [2.75, 3.05) is 0 Å². The highest BCUT2D eigenvalue weighted by atomic mass is 16.5. The Kier molecular flexibility index (Phi) is 5.00. The van der Waals surface area contributed by atoms with Crippen molar-refractivity contribution in [2.24, 2.45) is 0 Å². The molecule has 6 heteroatoms. The van der Waals surface area contributed by atoms with Gasteiger partial charge in [-0.3, -0.25) is 9.59 Å². The van der Waals surface area contributed by atoms with E-state index in [1.165, 1.54) is 11.1 Å². The number of hydrogen-bond acceptors (Lipinski definition) is 4. The smallest absolute Gasteiger partial charge is 0.275 e. The molecular weight excluding hydrogens is 390 g/mol. The van der Waals surface area contributed by atoms with Crippen LogP contribution in [-0.2, 0) is 4.79 Å². The molecule has 31 heavy (non-hydrogen) atoms. The number of nitrogens with zero attached hydrogens (tertiary/aromatic N) is 2. The molecule has 1 aliphatic heterocycles. The number of rotatable bonds is 3. The van der Waals surface area contributed by atoms with Crippen molar-refractivity contribution >= 4 is 16.7 Å². The zero-order chi connectivity index (χ0) is 21.4. The van der Waals surface area contributed by atoms with Gasteiger partial charge in [0, 0.05) is 17.4 Å². The van der Waals surface area contributed by atoms with Crippen LogP contribution < -0.4 is 15.6 Å². The van der Waals surface area contributed by atoms with Crippen LogP contribution >= 0.6 is 0 Å². The van der Waals surface area contributed by atoms with Gasteiger partial charge in [-0.2, -0.15) is 5.10 Å². The van der Waals surface area contributed by atoms with Crippen LogP contribution in [0.4, 0.5) is 0 Å². The van der Waals surface area contributed by atoms with Crippen LogP contribution in [0.1, 0.15) is 63.1 Å². The molecule has 1 spiro atoms. The molecule has 1 saturated carbocycles. The van der Waals surface area contributed by atoms with Gasteiger partial charge in [0.15, 0.2) is 0 Å². The molecule has 1 fully saturated rings. The molecule has 0 bridgehead atoms. The fourth-order valence-electron chi connectivity index (χ4n) is 5.03. The number of carbonyl (C=O) groups excluding carboxylic acids is 1. The molecule has 0 radical (unpaired) electrons. The Morgan fingerprint density at radius 2 is 1.87 bits per heavy atom. The van der Waals surface area contributed by atoms with E-state index in [9.17, 15) is 9.59 Å². The summed E-state index contributed by atoms with van der Waals surface area (Å²) in [5, 5.41) is 8.81. The van der Waals surface area contributed by atoms with Gasteiger partial charge in [-0.1, -0.05) is 42.8 Å². The van der Waals surface area contributed by atoms with Crippen LogP contribution in [0.3, 0.4) is 0 Å². The van der Waals surface area contributed by atoms with Crippen LogP contribution in [0.2, 0.25) is 0 Å². The van der Waals surface area contributed by atoms with Crippen molar-refractivity contribution in [3.05, 3.63) is 70.6 Å². The second-order valence-electron chi connectivity index (χ2n) is 8.81. The maximum Gasteiger partial charge on any atom is 0.275 e. The average molecular weight is 418 g/mol. The summed E-state index contributed by atoms with van der Waals surface area (Å²) in [6.45, 7) is 1.72. The van der Waals surface area contributed by atoms with Crippen molar-refractivity contribution in [3.8, 4) is 5.75 Å². The van der Waals surface area contributed by atoms with Crippen LogP contribution in [0, 0.1) is 0 Å². The maximum absolute atomic E-state index is 13.2. The Morgan fingerprint density at radius 3 is 2.71 bits per heavy atom. The number of fused-ring (bicyclic) bond motifs is 2. The number of amides is 1. The number of hydrogen-bond donors (Lipinski definition) is 1. The average Bonchev–Trinajstić information content (AvgIpc) is 2.79. The minimum Gasteiger partial charge on any atom is -0.487 e. The summed E-state index contributed by atoms with van der Waals surface area (Å²) in [5.41, 5.74) is 0.529. The molecule has 1 N–H and O–H groups in total. The highest BCUT2D eigenvalue weighted by molar-refractivity contribution is 5.83. The molecule has 2 aliphatic rings. The van der Waals surface area contributed by atoms with Gasteiger partial charge >= 0.3 is 0 Å². The molecular formula is C25H27N3O3. The van der Waals surface area contributed by atoms with Gasteiger partial charge in [0.1, 0.15) is 17.4 Å². The predicted molar refractivity (Wildman–Crippen MR) is 119 cm³/mol. The van der Waals surface area contributed by atoms with Crippen molar-refractivity contribution < 1.29 is 9.53 Å². The molecule has 6 nitrogen and oxygen atoms in total. The van der Waals surface area contributed by atoms with E-state index >= 15 is 0 Å². The monoisotopic (exact) mass is 417 g/mol. The van der Waals surface area contributed by atoms with Crippen LogP contribution in [0.15, 0.2) is 59.5 Å². The lowest BCUT2D eigenvalue weighted by atomic mass is 9.77. The molecule has 2 aromatic carbocycles. The third-order valence-electron chi connectivity index (χ3n) is 6.75. The van der Waals surface area contributed by atoms with Gasteiger partial charge in [0.05, 0.1) is 17.6 Å². The maximum atomic E-state index is 13.2. The van der Waals surface area contributed by atoms with E-state index in [0.29, 0.717) is 5.39 Å². The molecule has 3 aromatic rings. The lowest BCUT2D eigenvalue weighted by molar-refractivity contribution is -0.125. The second-order valence-corrected chi connectivity index (χ2v) is 8.81. The van der Waals surface area contributed by atoms with Gasteiger partial charge < -0.3 is 10.1 Å². The fourth-order valence-corrected chi connectivity index (χ4v) is 5.03. The summed E-state index contributed by atoms with van der Waals surface area (Å²) in [4.78, 5) is 26.1. The Balaban J connectivity index is 1.43. The zero-order valence-electron chi connectivity index (χ0n) is 17.7. The molecule has 2 heterocycles. The first-order chi connectivity index (χ1) is 15.1. The summed E-state index contributed by atoms with van der Waals surface area (Å²) < 4.78 is 7.74. The SMILES string of the molecule is C[C@@H](C(=O)N[C@@H]1CC2(CCCCC2)Oc2ccccc21)n1ncc2ccccc2c1=O. The standard InChI is InChI=1S/C25H27N3O3/c1-17(28-24(30)19-10-4-3-9-18(19)16-26-28)23(29)27-21-15-25(13-7-2-8-14-25)31-22-12-6-5-11-20(21)22/h3-6,9-12,16-17,21H,2,7-8,13-15H2,1H3,(H,27,29)/t17-,21+/m0/s1. The van der Waals surface area contributed by atoms with E-state index in [1.54, 1.807) is 19.2 Å². The largest absolute Gasteiger partial charge is 0.487 e. The zero-order valence-corrected chi connectivity index (χ0v) is 17.7. The number of carbonyl (C=O) groups is 1. The minimum absolute atomic E-state index is 0.144. The van der Waals surface area contributed by atoms with Gasteiger partial charge in [-0.05, 0) is 44.7 Å². The number of ether oxygens (including phenoxy) is 1. The van der Waals surface area contributed by atoms with Gasteiger partial charge in [0.2, 0.25) is 5.91 Å². The first kappa shape index (κ1) is 19.8. The normalized spacial score (nSPS) is 20.6. The number of benzene rings is 2. The lowest BCUT2D eigenvalue weighted by Crippen LogP contribution is -2.47. The van der Waals surface area contributed by atoms with E-state index < -0.39 is 6.04 Å². The highest BCUT2D eigenvalue weighted by Crippen LogP contribution is 2.46. The minimum atomic E-state index is -0.714. The van der Waals surface area contributed by atoms with E-state index in [-0.39, 0.29) is 23.1 Å². The summed E-state index contributed by atoms with van der Waals surface area (Å²) in [5.74, 6) is 0.646. The molecule has 1 aliphatic carbocycles. The van der Waals surface area contributed by atoms with Crippen LogP contribution in [-0.4, -0.2) is 21.3 Å². The Labute approximate surface area is 181 Å². The van der Waals surface area contributed by atoms with Crippen molar-refractivity contribution in [1.29, 1.82) is 0 Å². The van der Waals surface area contributed by atoms with Gasteiger partial charge in [-0.15, -0.1) is 0 Å². The predicted octanol–water partition coefficient (Wildman–Crippen LogP) is 4.30. The fraction of sp³-hybridized carbons (Fsp3) is 0.400.